The molecule has 1 amide bonds. The number of nitrogens with two attached hydrogens (primary N) is 1. The van der Waals surface area contributed by atoms with Gasteiger partial charge in [0.1, 0.15) is 17.5 Å². The number of hydrogen-bond donors (Lipinski definition) is 1. The summed E-state index contributed by atoms with van der Waals surface area (Å²) < 4.78 is 0. The van der Waals surface area contributed by atoms with Crippen LogP contribution in [0.15, 0.2) is 18.3 Å². The Bertz CT molecular complexity index is 1080. The minimum absolute atomic E-state index is 0.199. The van der Waals surface area contributed by atoms with Crippen molar-refractivity contribution in [2.45, 2.75) is 58.0 Å². The Morgan fingerprint density at radius 3 is 2.34 bits per heavy atom. The van der Waals surface area contributed by atoms with Gasteiger partial charge in [-0.3, -0.25) is 4.79 Å². The molecule has 0 aromatic carbocycles. The van der Waals surface area contributed by atoms with Crippen LogP contribution in [-0.2, 0) is 0 Å². The second kappa shape index (κ2) is 10.0. The minimum Gasteiger partial charge on any atom is -0.366 e. The first-order valence-electron chi connectivity index (χ1n) is 12.8. The van der Waals surface area contributed by atoms with Gasteiger partial charge in [-0.05, 0) is 52.0 Å². The Hall–Kier alpha value is -2.81. The summed E-state index contributed by atoms with van der Waals surface area (Å²) >= 11 is 6.46. The Morgan fingerprint density at radius 2 is 1.69 bits per heavy atom. The molecule has 2 unspecified atom stereocenters. The second-order valence-corrected chi connectivity index (χ2v) is 10.4. The number of piperidine rings is 1. The maximum absolute atomic E-state index is 11.5. The van der Waals surface area contributed by atoms with E-state index in [9.17, 15) is 4.79 Å². The molecule has 5 rings (SSSR count). The quantitative estimate of drug-likeness (QED) is 0.670. The fraction of sp³-hybridized carbons (Fsp3) is 0.600. The number of primary amides is 1. The van der Waals surface area contributed by atoms with Gasteiger partial charge in [-0.1, -0.05) is 11.6 Å². The lowest BCUT2D eigenvalue weighted by atomic mass is 10.1. The van der Waals surface area contributed by atoms with E-state index in [1.165, 1.54) is 38.3 Å². The van der Waals surface area contributed by atoms with Crippen LogP contribution in [0.1, 0.15) is 56.3 Å². The fourth-order valence-corrected chi connectivity index (χ4v) is 5.78. The molecular weight excluding hydrogens is 464 g/mol. The van der Waals surface area contributed by atoms with Crippen LogP contribution in [0.4, 0.5) is 23.4 Å². The summed E-state index contributed by atoms with van der Waals surface area (Å²) in [4.78, 5) is 35.4. The van der Waals surface area contributed by atoms with Gasteiger partial charge in [-0.25, -0.2) is 4.98 Å². The maximum atomic E-state index is 11.5. The summed E-state index contributed by atoms with van der Waals surface area (Å²) in [6.07, 6.45) is 7.59. The largest absolute Gasteiger partial charge is 0.366 e. The topological polar surface area (TPSA) is 94.7 Å². The lowest BCUT2D eigenvalue weighted by Crippen LogP contribution is -2.53. The molecule has 9 nitrogen and oxygen atoms in total. The van der Waals surface area contributed by atoms with Gasteiger partial charge in [0.05, 0.1) is 10.6 Å². The number of anilines is 4. The number of nitrogens with zero attached hydrogens (tertiary/aromatic N) is 7. The number of aromatic nitrogens is 3. The third-order valence-corrected chi connectivity index (χ3v) is 7.78. The lowest BCUT2D eigenvalue weighted by molar-refractivity contribution is 0.1000. The van der Waals surface area contributed by atoms with E-state index in [4.69, 9.17) is 27.3 Å². The molecule has 2 N–H and O–H groups in total. The highest BCUT2D eigenvalue weighted by molar-refractivity contribution is 6.33. The number of amides is 1. The van der Waals surface area contributed by atoms with Gasteiger partial charge < -0.3 is 25.3 Å². The Balaban J connectivity index is 1.40. The van der Waals surface area contributed by atoms with E-state index >= 15 is 0 Å². The molecule has 3 aliphatic rings. The zero-order chi connectivity index (χ0) is 24.5. The molecule has 0 bridgehead atoms. The number of carbonyl (C=O) groups excluding carboxylic acids is 1. The zero-order valence-corrected chi connectivity index (χ0v) is 21.4. The average molecular weight is 499 g/mol. The predicted molar refractivity (Wildman–Crippen MR) is 141 cm³/mol. The van der Waals surface area contributed by atoms with Gasteiger partial charge in [0, 0.05) is 63.6 Å². The van der Waals surface area contributed by atoms with Crippen LogP contribution >= 0.6 is 11.6 Å². The minimum atomic E-state index is -0.527. The first-order valence-corrected chi connectivity index (χ1v) is 13.2. The van der Waals surface area contributed by atoms with E-state index in [2.05, 4.69) is 44.5 Å². The molecule has 0 spiro atoms. The summed E-state index contributed by atoms with van der Waals surface area (Å²) in [6, 6.07) is 4.44. The molecule has 0 saturated carbocycles. The van der Waals surface area contributed by atoms with Crippen molar-refractivity contribution in [3.05, 3.63) is 28.9 Å². The molecule has 0 aliphatic carbocycles. The Labute approximate surface area is 212 Å². The van der Waals surface area contributed by atoms with Crippen molar-refractivity contribution in [2.75, 3.05) is 58.9 Å². The normalized spacial score (nSPS) is 23.2. The van der Waals surface area contributed by atoms with Gasteiger partial charge in [-0.2, -0.15) is 9.97 Å². The number of hydrogen-bond acceptors (Lipinski definition) is 8. The number of pyridine rings is 1. The summed E-state index contributed by atoms with van der Waals surface area (Å²) in [5.41, 5.74) is 5.69. The van der Waals surface area contributed by atoms with Crippen LogP contribution in [0.2, 0.25) is 5.02 Å². The van der Waals surface area contributed by atoms with E-state index in [0.29, 0.717) is 22.4 Å². The highest BCUT2D eigenvalue weighted by Crippen LogP contribution is 2.32. The molecule has 0 radical (unpaired) electrons. The van der Waals surface area contributed by atoms with Gasteiger partial charge in [0.15, 0.2) is 0 Å². The molecule has 5 heterocycles. The third kappa shape index (κ3) is 4.96. The number of carbonyl (C=O) groups is 1. The number of piperazine rings is 1. The van der Waals surface area contributed by atoms with Crippen LogP contribution in [0.5, 0.6) is 0 Å². The molecule has 188 valence electrons. The third-order valence-electron chi connectivity index (χ3n) is 7.50. The molecule has 2 atom stereocenters. The molecule has 3 saturated heterocycles. The first-order chi connectivity index (χ1) is 16.9. The van der Waals surface area contributed by atoms with Gasteiger partial charge in [-0.15, -0.1) is 0 Å². The second-order valence-electron chi connectivity index (χ2n) is 10.00. The standard InChI is InChI=1S/C25H35ClN8O/c1-17-7-6-10-34(17)25-29-21(31-8-4-3-5-9-31)14-22(30-25)33-12-11-32(16-18(33)2)24-20(26)13-19(15-28-24)23(27)35/h13-15,17-18H,3-12,16H2,1-2H3,(H2,27,35). The summed E-state index contributed by atoms with van der Waals surface area (Å²) in [5, 5.41) is 0.446. The van der Waals surface area contributed by atoms with E-state index in [1.807, 2.05) is 0 Å². The van der Waals surface area contributed by atoms with Crippen LogP contribution in [0.3, 0.4) is 0 Å². The van der Waals surface area contributed by atoms with Crippen molar-refractivity contribution in [2.24, 2.45) is 5.73 Å². The monoisotopic (exact) mass is 498 g/mol. The van der Waals surface area contributed by atoms with Crippen molar-refractivity contribution >= 4 is 40.9 Å². The fourth-order valence-electron chi connectivity index (χ4n) is 5.49. The van der Waals surface area contributed by atoms with Crippen molar-refractivity contribution in [1.29, 1.82) is 0 Å². The molecule has 35 heavy (non-hydrogen) atoms. The zero-order valence-electron chi connectivity index (χ0n) is 20.7. The highest BCUT2D eigenvalue weighted by atomic mass is 35.5. The molecule has 2 aromatic heterocycles. The van der Waals surface area contributed by atoms with E-state index < -0.39 is 5.91 Å². The van der Waals surface area contributed by atoms with Crippen molar-refractivity contribution in [1.82, 2.24) is 15.0 Å². The van der Waals surface area contributed by atoms with Crippen LogP contribution in [0.25, 0.3) is 0 Å². The van der Waals surface area contributed by atoms with Crippen LogP contribution < -0.4 is 25.3 Å². The predicted octanol–water partition coefficient (Wildman–Crippen LogP) is 3.32. The average Bonchev–Trinajstić information content (AvgIpc) is 3.30. The summed E-state index contributed by atoms with van der Waals surface area (Å²) in [6.45, 7) is 9.90. The lowest BCUT2D eigenvalue weighted by Gasteiger charge is -2.42. The van der Waals surface area contributed by atoms with Crippen molar-refractivity contribution in [3.63, 3.8) is 0 Å². The maximum Gasteiger partial charge on any atom is 0.250 e. The van der Waals surface area contributed by atoms with E-state index in [0.717, 1.165) is 56.9 Å². The molecule has 10 heteroatoms. The summed E-state index contributed by atoms with van der Waals surface area (Å²) in [7, 11) is 0. The van der Waals surface area contributed by atoms with Crippen LogP contribution in [0, 0.1) is 0 Å². The van der Waals surface area contributed by atoms with Gasteiger partial charge >= 0.3 is 0 Å². The highest BCUT2D eigenvalue weighted by Gasteiger charge is 2.30. The smallest absolute Gasteiger partial charge is 0.250 e. The molecule has 3 aliphatic heterocycles. The summed E-state index contributed by atoms with van der Waals surface area (Å²) in [5.74, 6) is 3.05. The van der Waals surface area contributed by atoms with Crippen LogP contribution in [-0.4, -0.2) is 72.2 Å². The van der Waals surface area contributed by atoms with Gasteiger partial charge in [0.25, 0.3) is 0 Å². The van der Waals surface area contributed by atoms with E-state index in [-0.39, 0.29) is 6.04 Å². The number of rotatable bonds is 5. The van der Waals surface area contributed by atoms with Crippen molar-refractivity contribution < 1.29 is 4.79 Å². The van der Waals surface area contributed by atoms with Gasteiger partial charge in [0.2, 0.25) is 11.9 Å². The Kier molecular flexibility index (Phi) is 6.86. The van der Waals surface area contributed by atoms with Crippen molar-refractivity contribution in [3.8, 4) is 0 Å². The first kappa shape index (κ1) is 23.9. The Morgan fingerprint density at radius 1 is 0.914 bits per heavy atom. The SMILES string of the molecule is CC1CN(c2ncc(C(N)=O)cc2Cl)CCN1c1cc(N2CCCCC2)nc(N2CCCC2C)n1. The molecule has 2 aromatic rings. The number of halogens is 1. The van der Waals surface area contributed by atoms with E-state index in [1.54, 1.807) is 6.07 Å². The molecule has 3 fully saturated rings. The molecular formula is C25H35ClN8O.